The molecule has 1 unspecified atom stereocenters. The molecule has 0 saturated carbocycles. The average Bonchev–Trinajstić information content (AvgIpc) is 2.79. The van der Waals surface area contributed by atoms with E-state index in [4.69, 9.17) is 25.1 Å². The summed E-state index contributed by atoms with van der Waals surface area (Å²) in [5.41, 5.74) is 11.3. The molecule has 1 aliphatic rings. The molecule has 0 saturated heterocycles. The van der Waals surface area contributed by atoms with Crippen molar-refractivity contribution >= 4 is 29.8 Å². The molecule has 144 valence electrons. The lowest BCUT2D eigenvalue weighted by Crippen LogP contribution is -2.45. The number of thioether (sulfide) groups is 1. The number of nitrogens with two attached hydrogens (primary N) is 2. The standard InChI is InChI=1S/C19H22N2O4S2/c1-26-11-8-19(21)16-12-15(27-25-18(19)22)6-7-17(16)24-14-4-2-13(3-5-14)23-10-9-20/h2-7,12H,8-11,20-21H2,1H3. The summed E-state index contributed by atoms with van der Waals surface area (Å²) in [5, 5.41) is 0. The van der Waals surface area contributed by atoms with Crippen LogP contribution < -0.4 is 20.9 Å². The normalized spacial score (nSPS) is 18.6. The van der Waals surface area contributed by atoms with E-state index in [-0.39, 0.29) is 0 Å². The minimum absolute atomic E-state index is 0.455. The molecule has 1 aliphatic heterocycles. The van der Waals surface area contributed by atoms with Gasteiger partial charge >= 0.3 is 5.97 Å². The van der Waals surface area contributed by atoms with Crippen molar-refractivity contribution in [3.8, 4) is 17.2 Å². The molecule has 0 amide bonds. The number of fused-ring (bicyclic) bond motifs is 2. The van der Waals surface area contributed by atoms with Gasteiger partial charge < -0.3 is 25.1 Å². The van der Waals surface area contributed by atoms with Gasteiger partial charge in [0.15, 0.2) is 0 Å². The Balaban J connectivity index is 1.88. The van der Waals surface area contributed by atoms with E-state index in [1.807, 2.05) is 36.6 Å². The molecule has 0 fully saturated rings. The smallest absolute Gasteiger partial charge is 0.343 e. The van der Waals surface area contributed by atoms with Gasteiger partial charge in [0.25, 0.3) is 0 Å². The molecule has 0 aromatic heterocycles. The summed E-state index contributed by atoms with van der Waals surface area (Å²) in [7, 11) is 0. The zero-order valence-corrected chi connectivity index (χ0v) is 16.6. The van der Waals surface area contributed by atoms with Crippen molar-refractivity contribution in [2.75, 3.05) is 25.2 Å². The van der Waals surface area contributed by atoms with E-state index in [1.165, 1.54) is 0 Å². The second-order valence-corrected chi connectivity index (χ2v) is 7.83. The molecule has 27 heavy (non-hydrogen) atoms. The van der Waals surface area contributed by atoms with Gasteiger partial charge in [0.05, 0.1) is 12.0 Å². The fourth-order valence-corrected chi connectivity index (χ4v) is 3.81. The molecular weight excluding hydrogens is 384 g/mol. The van der Waals surface area contributed by atoms with Gasteiger partial charge in [0, 0.05) is 17.0 Å². The van der Waals surface area contributed by atoms with E-state index < -0.39 is 11.5 Å². The molecule has 2 bridgehead atoms. The molecule has 0 spiro atoms. The van der Waals surface area contributed by atoms with Gasteiger partial charge in [-0.25, -0.2) is 4.79 Å². The maximum Gasteiger partial charge on any atom is 0.343 e. The van der Waals surface area contributed by atoms with Crippen LogP contribution in [-0.2, 0) is 14.5 Å². The highest BCUT2D eigenvalue weighted by Crippen LogP contribution is 2.41. The first-order chi connectivity index (χ1) is 13.1. The summed E-state index contributed by atoms with van der Waals surface area (Å²) in [4.78, 5) is 13.4. The monoisotopic (exact) mass is 406 g/mol. The third kappa shape index (κ3) is 4.52. The molecule has 4 N–H and O–H groups in total. The Bertz CT molecular complexity index is 801. The lowest BCUT2D eigenvalue weighted by atomic mass is 9.87. The average molecular weight is 407 g/mol. The summed E-state index contributed by atoms with van der Waals surface area (Å²) in [5.74, 6) is 2.15. The maximum absolute atomic E-state index is 12.6. The van der Waals surface area contributed by atoms with Crippen LogP contribution in [0.5, 0.6) is 17.2 Å². The van der Waals surface area contributed by atoms with E-state index in [0.717, 1.165) is 28.4 Å². The predicted molar refractivity (Wildman–Crippen MR) is 108 cm³/mol. The summed E-state index contributed by atoms with van der Waals surface area (Å²) in [6, 6.07) is 12.8. The molecule has 1 heterocycles. The van der Waals surface area contributed by atoms with Crippen molar-refractivity contribution in [2.24, 2.45) is 11.5 Å². The van der Waals surface area contributed by atoms with E-state index in [2.05, 4.69) is 0 Å². The Morgan fingerprint density at radius 1 is 1.19 bits per heavy atom. The lowest BCUT2D eigenvalue weighted by molar-refractivity contribution is -0.139. The van der Waals surface area contributed by atoms with E-state index in [1.54, 1.807) is 23.9 Å². The van der Waals surface area contributed by atoms with E-state index >= 15 is 0 Å². The fraction of sp³-hybridized carbons (Fsp3) is 0.316. The van der Waals surface area contributed by atoms with Gasteiger partial charge in [0.1, 0.15) is 29.4 Å². The summed E-state index contributed by atoms with van der Waals surface area (Å²) >= 11 is 2.65. The Morgan fingerprint density at radius 2 is 1.93 bits per heavy atom. The van der Waals surface area contributed by atoms with Gasteiger partial charge in [0.2, 0.25) is 0 Å². The van der Waals surface area contributed by atoms with Crippen molar-refractivity contribution < 1.29 is 18.5 Å². The fourth-order valence-electron chi connectivity index (χ4n) is 2.68. The quantitative estimate of drug-likeness (QED) is 0.645. The summed E-state index contributed by atoms with van der Waals surface area (Å²) < 4.78 is 16.8. The van der Waals surface area contributed by atoms with Crippen LogP contribution in [0, 0.1) is 0 Å². The SMILES string of the molecule is CSCCC1(N)C(=O)OSc2ccc(Oc3ccc(OCCN)cc3)c1c2. The van der Waals surface area contributed by atoms with Crippen LogP contribution in [0.3, 0.4) is 0 Å². The predicted octanol–water partition coefficient (Wildman–Crippen LogP) is 3.29. The van der Waals surface area contributed by atoms with Crippen LogP contribution in [0.2, 0.25) is 0 Å². The molecule has 6 nitrogen and oxygen atoms in total. The third-order valence-electron chi connectivity index (χ3n) is 4.15. The van der Waals surface area contributed by atoms with Crippen LogP contribution in [-0.4, -0.2) is 31.1 Å². The first-order valence-corrected chi connectivity index (χ1v) is 10.6. The van der Waals surface area contributed by atoms with E-state index in [0.29, 0.717) is 36.6 Å². The largest absolute Gasteiger partial charge is 0.492 e. The van der Waals surface area contributed by atoms with Crippen LogP contribution in [0.1, 0.15) is 12.0 Å². The zero-order valence-electron chi connectivity index (χ0n) is 15.0. The third-order valence-corrected chi connectivity index (χ3v) is 5.44. The molecule has 8 heteroatoms. The lowest BCUT2D eigenvalue weighted by Gasteiger charge is -2.26. The summed E-state index contributed by atoms with van der Waals surface area (Å²) in [6.07, 6.45) is 2.43. The molecule has 2 aromatic rings. The number of rotatable bonds is 8. The van der Waals surface area contributed by atoms with Crippen LogP contribution >= 0.6 is 23.8 Å². The van der Waals surface area contributed by atoms with Gasteiger partial charge in [-0.2, -0.15) is 11.8 Å². The second kappa shape index (κ2) is 8.88. The van der Waals surface area contributed by atoms with Crippen molar-refractivity contribution in [3.63, 3.8) is 0 Å². The van der Waals surface area contributed by atoms with Crippen molar-refractivity contribution in [1.29, 1.82) is 0 Å². The highest BCUT2D eigenvalue weighted by atomic mass is 32.2. The number of ether oxygens (including phenoxy) is 2. The minimum atomic E-state index is -1.25. The molecule has 3 rings (SSSR count). The molecular formula is C19H22N2O4S2. The number of benzene rings is 2. The first-order valence-electron chi connectivity index (χ1n) is 8.49. The number of carbonyl (C=O) groups is 1. The van der Waals surface area contributed by atoms with Gasteiger partial charge in [-0.05, 0) is 60.9 Å². The number of hydrogen-bond acceptors (Lipinski definition) is 8. The topological polar surface area (TPSA) is 96.8 Å². The number of hydrogen-bond donors (Lipinski definition) is 2. The Hall–Kier alpha value is -1.87. The van der Waals surface area contributed by atoms with Crippen LogP contribution in [0.4, 0.5) is 0 Å². The maximum atomic E-state index is 12.6. The Kier molecular flexibility index (Phi) is 6.54. The Labute approximate surface area is 167 Å². The van der Waals surface area contributed by atoms with Crippen molar-refractivity contribution in [3.05, 3.63) is 48.0 Å². The second-order valence-electron chi connectivity index (χ2n) is 6.04. The summed E-state index contributed by atoms with van der Waals surface area (Å²) in [6.45, 7) is 0.910. The highest BCUT2D eigenvalue weighted by Gasteiger charge is 2.42. The van der Waals surface area contributed by atoms with Crippen molar-refractivity contribution in [1.82, 2.24) is 0 Å². The molecule has 0 aliphatic carbocycles. The molecule has 1 atom stereocenters. The first kappa shape index (κ1) is 19.9. The Morgan fingerprint density at radius 3 is 2.63 bits per heavy atom. The van der Waals surface area contributed by atoms with Crippen molar-refractivity contribution in [2.45, 2.75) is 16.9 Å². The minimum Gasteiger partial charge on any atom is -0.492 e. The van der Waals surface area contributed by atoms with Crippen LogP contribution in [0.15, 0.2) is 47.4 Å². The van der Waals surface area contributed by atoms with Gasteiger partial charge in [-0.1, -0.05) is 0 Å². The molecule has 2 aromatic carbocycles. The zero-order chi connectivity index (χ0) is 19.3. The van der Waals surface area contributed by atoms with Gasteiger partial charge in [-0.15, -0.1) is 0 Å². The van der Waals surface area contributed by atoms with E-state index in [9.17, 15) is 4.79 Å². The van der Waals surface area contributed by atoms with Gasteiger partial charge in [-0.3, -0.25) is 0 Å². The highest BCUT2D eigenvalue weighted by molar-refractivity contribution is 7.98. The molecule has 0 radical (unpaired) electrons. The number of carbonyl (C=O) groups excluding carboxylic acids is 1. The van der Waals surface area contributed by atoms with Crippen LogP contribution in [0.25, 0.3) is 0 Å².